The van der Waals surface area contributed by atoms with Gasteiger partial charge in [-0.05, 0) is 49.7 Å². The van der Waals surface area contributed by atoms with E-state index in [0.717, 1.165) is 31.8 Å². The monoisotopic (exact) mass is 403 g/mol. The van der Waals surface area contributed by atoms with Crippen LogP contribution in [0.4, 0.5) is 0 Å². The van der Waals surface area contributed by atoms with Gasteiger partial charge in [-0.15, -0.1) is 11.8 Å². The maximum absolute atomic E-state index is 12.2. The molecule has 1 atom stereocenters. The van der Waals surface area contributed by atoms with Gasteiger partial charge in [-0.3, -0.25) is 4.79 Å². The van der Waals surface area contributed by atoms with Crippen molar-refractivity contribution in [2.45, 2.75) is 24.8 Å². The highest BCUT2D eigenvalue weighted by Crippen LogP contribution is 2.25. The lowest BCUT2D eigenvalue weighted by Gasteiger charge is -2.12. The van der Waals surface area contributed by atoms with Crippen molar-refractivity contribution >= 4 is 44.6 Å². The third kappa shape index (κ3) is 3.99. The summed E-state index contributed by atoms with van der Waals surface area (Å²) in [5.74, 6) is 1.15. The zero-order valence-corrected chi connectivity index (χ0v) is 15.9. The van der Waals surface area contributed by atoms with Crippen molar-refractivity contribution in [2.75, 3.05) is 5.75 Å². The number of amides is 1. The molecule has 0 saturated carbocycles. The number of hydrogen-bond acceptors (Lipinski definition) is 3. The van der Waals surface area contributed by atoms with E-state index in [4.69, 9.17) is 0 Å². The first kappa shape index (κ1) is 17.0. The average molecular weight is 404 g/mol. The fourth-order valence-corrected chi connectivity index (χ4v) is 3.74. The van der Waals surface area contributed by atoms with Crippen molar-refractivity contribution in [3.05, 3.63) is 58.3 Å². The molecule has 0 aliphatic carbocycles. The highest BCUT2D eigenvalue weighted by molar-refractivity contribution is 9.10. The van der Waals surface area contributed by atoms with Gasteiger partial charge in [0.25, 0.3) is 0 Å². The summed E-state index contributed by atoms with van der Waals surface area (Å²) in [4.78, 5) is 21.1. The molecule has 0 fully saturated rings. The maximum atomic E-state index is 12.2. The zero-order chi connectivity index (χ0) is 17.1. The number of benzene rings is 2. The number of aryl methyl sites for hydroxylation is 1. The molecule has 4 nitrogen and oxygen atoms in total. The van der Waals surface area contributed by atoms with Crippen LogP contribution in [0.15, 0.2) is 51.8 Å². The SMILES string of the molecule is Cc1cc(Br)ccc1SCC(=O)NC(C)c1nc2ccccc2[nH]1. The van der Waals surface area contributed by atoms with Gasteiger partial charge in [0.2, 0.25) is 5.91 Å². The van der Waals surface area contributed by atoms with Crippen LogP contribution in [0.5, 0.6) is 0 Å². The molecule has 0 radical (unpaired) electrons. The third-order valence-corrected chi connectivity index (χ3v) is 5.36. The third-order valence-electron chi connectivity index (χ3n) is 3.69. The Bertz CT molecular complexity index is 845. The molecular formula is C18H18BrN3OS. The number of fused-ring (bicyclic) bond motifs is 1. The lowest BCUT2D eigenvalue weighted by atomic mass is 10.2. The van der Waals surface area contributed by atoms with Gasteiger partial charge in [0.05, 0.1) is 22.8 Å². The summed E-state index contributed by atoms with van der Waals surface area (Å²) in [5.41, 5.74) is 3.05. The summed E-state index contributed by atoms with van der Waals surface area (Å²) in [5, 5.41) is 3.00. The lowest BCUT2D eigenvalue weighted by molar-refractivity contribution is -0.119. The van der Waals surface area contributed by atoms with Crippen molar-refractivity contribution in [1.82, 2.24) is 15.3 Å². The number of H-pyrrole nitrogens is 1. The molecule has 1 aromatic heterocycles. The molecule has 2 N–H and O–H groups in total. The van der Waals surface area contributed by atoms with Crippen LogP contribution in [-0.2, 0) is 4.79 Å². The number of halogens is 1. The van der Waals surface area contributed by atoms with Crippen molar-refractivity contribution in [2.24, 2.45) is 0 Å². The number of nitrogens with zero attached hydrogens (tertiary/aromatic N) is 1. The maximum Gasteiger partial charge on any atom is 0.230 e. The Morgan fingerprint density at radius 2 is 2.12 bits per heavy atom. The summed E-state index contributed by atoms with van der Waals surface area (Å²) in [7, 11) is 0. The molecule has 1 amide bonds. The predicted molar refractivity (Wildman–Crippen MR) is 102 cm³/mol. The van der Waals surface area contributed by atoms with Gasteiger partial charge < -0.3 is 10.3 Å². The second-order valence-corrected chi connectivity index (χ2v) is 7.56. The molecule has 0 aliphatic heterocycles. The number of nitrogens with one attached hydrogen (secondary N) is 2. The molecular weight excluding hydrogens is 386 g/mol. The van der Waals surface area contributed by atoms with Crippen LogP contribution in [0.3, 0.4) is 0 Å². The predicted octanol–water partition coefficient (Wildman–Crippen LogP) is 4.60. The highest BCUT2D eigenvalue weighted by atomic mass is 79.9. The number of carbonyl (C=O) groups excluding carboxylic acids is 1. The molecule has 0 spiro atoms. The van der Waals surface area contributed by atoms with Gasteiger partial charge in [-0.2, -0.15) is 0 Å². The minimum Gasteiger partial charge on any atom is -0.346 e. The van der Waals surface area contributed by atoms with Crippen LogP contribution in [0.2, 0.25) is 0 Å². The second-order valence-electron chi connectivity index (χ2n) is 5.63. The number of hydrogen-bond donors (Lipinski definition) is 2. The Labute approximate surface area is 153 Å². The average Bonchev–Trinajstić information content (AvgIpc) is 2.98. The second kappa shape index (κ2) is 7.40. The van der Waals surface area contributed by atoms with E-state index in [1.54, 1.807) is 11.8 Å². The van der Waals surface area contributed by atoms with E-state index in [1.807, 2.05) is 50.2 Å². The van der Waals surface area contributed by atoms with Crippen molar-refractivity contribution < 1.29 is 4.79 Å². The fourth-order valence-electron chi connectivity index (χ4n) is 2.45. The molecule has 1 heterocycles. The molecule has 3 aromatic rings. The first-order chi connectivity index (χ1) is 11.5. The van der Waals surface area contributed by atoms with Crippen LogP contribution >= 0.6 is 27.7 Å². The first-order valence-electron chi connectivity index (χ1n) is 7.66. The van der Waals surface area contributed by atoms with E-state index in [1.165, 1.54) is 0 Å². The summed E-state index contributed by atoms with van der Waals surface area (Å²) in [6.07, 6.45) is 0. The van der Waals surface area contributed by atoms with Crippen molar-refractivity contribution in [3.8, 4) is 0 Å². The van der Waals surface area contributed by atoms with Gasteiger partial charge in [0, 0.05) is 9.37 Å². The van der Waals surface area contributed by atoms with Gasteiger partial charge in [-0.1, -0.05) is 28.1 Å². The number of carbonyl (C=O) groups is 1. The molecule has 3 rings (SSSR count). The van der Waals surface area contributed by atoms with Crippen LogP contribution in [0.25, 0.3) is 11.0 Å². The fraction of sp³-hybridized carbons (Fsp3) is 0.222. The number of aromatic amines is 1. The molecule has 124 valence electrons. The van der Waals surface area contributed by atoms with Crippen molar-refractivity contribution in [3.63, 3.8) is 0 Å². The van der Waals surface area contributed by atoms with E-state index < -0.39 is 0 Å². The number of imidazole rings is 1. The summed E-state index contributed by atoms with van der Waals surface area (Å²) in [6.45, 7) is 3.98. The van der Waals surface area contributed by atoms with E-state index in [2.05, 4.69) is 37.3 Å². The largest absolute Gasteiger partial charge is 0.346 e. The van der Waals surface area contributed by atoms with Gasteiger partial charge in [0.15, 0.2) is 0 Å². The van der Waals surface area contributed by atoms with Gasteiger partial charge in [0.1, 0.15) is 5.82 Å². The summed E-state index contributed by atoms with van der Waals surface area (Å²) >= 11 is 4.99. The number of aromatic nitrogens is 2. The topological polar surface area (TPSA) is 57.8 Å². The minimum atomic E-state index is -0.156. The smallest absolute Gasteiger partial charge is 0.230 e. The van der Waals surface area contributed by atoms with E-state index in [-0.39, 0.29) is 11.9 Å². The Morgan fingerprint density at radius 3 is 2.88 bits per heavy atom. The van der Waals surface area contributed by atoms with Crippen LogP contribution in [0, 0.1) is 6.92 Å². The molecule has 0 aliphatic rings. The molecule has 0 saturated heterocycles. The standard InChI is InChI=1S/C18H18BrN3OS/c1-11-9-13(19)7-8-16(11)24-10-17(23)20-12(2)18-21-14-5-3-4-6-15(14)22-18/h3-9,12H,10H2,1-2H3,(H,20,23)(H,21,22). The Kier molecular flexibility index (Phi) is 5.26. The molecule has 0 bridgehead atoms. The van der Waals surface area contributed by atoms with Crippen LogP contribution in [0.1, 0.15) is 24.4 Å². The Morgan fingerprint density at radius 1 is 1.33 bits per heavy atom. The Balaban J connectivity index is 1.59. The number of thioether (sulfide) groups is 1. The molecule has 2 aromatic carbocycles. The van der Waals surface area contributed by atoms with Crippen molar-refractivity contribution in [1.29, 1.82) is 0 Å². The van der Waals surface area contributed by atoms with Crippen LogP contribution < -0.4 is 5.32 Å². The Hall–Kier alpha value is -1.79. The van der Waals surface area contributed by atoms with Gasteiger partial charge in [-0.25, -0.2) is 4.98 Å². The highest BCUT2D eigenvalue weighted by Gasteiger charge is 2.14. The molecule has 1 unspecified atom stereocenters. The summed E-state index contributed by atoms with van der Waals surface area (Å²) < 4.78 is 1.05. The number of para-hydroxylation sites is 2. The molecule has 24 heavy (non-hydrogen) atoms. The minimum absolute atomic E-state index is 0.00438. The van der Waals surface area contributed by atoms with E-state index in [9.17, 15) is 4.79 Å². The zero-order valence-electron chi connectivity index (χ0n) is 13.5. The van der Waals surface area contributed by atoms with E-state index in [0.29, 0.717) is 5.75 Å². The van der Waals surface area contributed by atoms with Gasteiger partial charge >= 0.3 is 0 Å². The molecule has 6 heteroatoms. The normalized spacial score (nSPS) is 12.3. The summed E-state index contributed by atoms with van der Waals surface area (Å²) in [6, 6.07) is 13.8. The quantitative estimate of drug-likeness (QED) is 0.611. The van der Waals surface area contributed by atoms with Crippen LogP contribution in [-0.4, -0.2) is 21.6 Å². The first-order valence-corrected chi connectivity index (χ1v) is 9.44. The number of rotatable bonds is 5. The lowest BCUT2D eigenvalue weighted by Crippen LogP contribution is -2.28. The van der Waals surface area contributed by atoms with E-state index >= 15 is 0 Å².